The molecule has 4 heteroatoms. The van der Waals surface area contributed by atoms with Crippen LogP contribution in [0.4, 0.5) is 0 Å². The van der Waals surface area contributed by atoms with Crippen molar-refractivity contribution < 1.29 is 9.63 Å². The van der Waals surface area contributed by atoms with Crippen molar-refractivity contribution in [3.05, 3.63) is 35.9 Å². The second-order valence-electron chi connectivity index (χ2n) is 4.90. The first-order valence-corrected chi connectivity index (χ1v) is 5.67. The van der Waals surface area contributed by atoms with E-state index in [4.69, 9.17) is 4.84 Å². The van der Waals surface area contributed by atoms with Crippen LogP contribution in [0.3, 0.4) is 0 Å². The Balaban J connectivity index is 2.17. The molecular weight excluding hydrogens is 216 g/mol. The minimum atomic E-state index is -0.171. The number of hydroxylamine groups is 1. The summed E-state index contributed by atoms with van der Waals surface area (Å²) in [5.74, 6) is -0.171. The van der Waals surface area contributed by atoms with Crippen LogP contribution >= 0.6 is 0 Å². The molecule has 0 aliphatic carbocycles. The number of amides is 1. The van der Waals surface area contributed by atoms with E-state index in [2.05, 4.69) is 10.8 Å². The van der Waals surface area contributed by atoms with Crippen molar-refractivity contribution >= 4 is 5.91 Å². The van der Waals surface area contributed by atoms with Gasteiger partial charge in [0, 0.05) is 5.54 Å². The van der Waals surface area contributed by atoms with Crippen LogP contribution in [0.15, 0.2) is 30.3 Å². The second-order valence-corrected chi connectivity index (χ2v) is 4.90. The molecule has 0 saturated heterocycles. The van der Waals surface area contributed by atoms with Gasteiger partial charge in [-0.05, 0) is 26.3 Å². The van der Waals surface area contributed by atoms with E-state index >= 15 is 0 Å². The quantitative estimate of drug-likeness (QED) is 0.764. The summed E-state index contributed by atoms with van der Waals surface area (Å²) in [4.78, 5) is 16.5. The van der Waals surface area contributed by atoms with Crippen molar-refractivity contribution in [2.24, 2.45) is 0 Å². The maximum atomic E-state index is 11.4. The lowest BCUT2D eigenvalue weighted by Crippen LogP contribution is -2.43. The Morgan fingerprint density at radius 2 is 1.88 bits per heavy atom. The van der Waals surface area contributed by atoms with Crippen LogP contribution in [-0.4, -0.2) is 18.0 Å². The molecule has 0 radical (unpaired) electrons. The maximum absolute atomic E-state index is 11.4. The zero-order chi connectivity index (χ0) is 12.7. The molecule has 0 bridgehead atoms. The molecule has 4 nitrogen and oxygen atoms in total. The van der Waals surface area contributed by atoms with Crippen molar-refractivity contribution in [1.29, 1.82) is 0 Å². The first kappa shape index (κ1) is 13.7. The zero-order valence-corrected chi connectivity index (χ0v) is 10.6. The Bertz CT molecular complexity index is 344. The Kier molecular flexibility index (Phi) is 5.12. The fourth-order valence-corrected chi connectivity index (χ4v) is 1.16. The Morgan fingerprint density at radius 1 is 1.24 bits per heavy atom. The fraction of sp³-hybridized carbons (Fsp3) is 0.462. The van der Waals surface area contributed by atoms with Gasteiger partial charge in [0.25, 0.3) is 5.91 Å². The largest absolute Gasteiger partial charge is 0.304 e. The van der Waals surface area contributed by atoms with Gasteiger partial charge in [-0.2, -0.15) is 0 Å². The minimum absolute atomic E-state index is 0.0726. The summed E-state index contributed by atoms with van der Waals surface area (Å²) in [5.41, 5.74) is 3.35. The molecule has 2 N–H and O–H groups in total. The first-order chi connectivity index (χ1) is 7.97. The van der Waals surface area contributed by atoms with Gasteiger partial charge in [0.1, 0.15) is 0 Å². The molecule has 1 aromatic rings. The first-order valence-electron chi connectivity index (χ1n) is 5.67. The van der Waals surface area contributed by atoms with Crippen LogP contribution in [0.5, 0.6) is 0 Å². The SMILES string of the molecule is CC(C)(C)NCC(=O)NOCc1ccccc1. The van der Waals surface area contributed by atoms with Crippen molar-refractivity contribution in [3.63, 3.8) is 0 Å². The molecule has 0 unspecified atom stereocenters. The van der Waals surface area contributed by atoms with Crippen LogP contribution in [0.2, 0.25) is 0 Å². The van der Waals surface area contributed by atoms with E-state index in [-0.39, 0.29) is 18.0 Å². The lowest BCUT2D eigenvalue weighted by Gasteiger charge is -2.19. The highest BCUT2D eigenvalue weighted by Gasteiger charge is 2.10. The van der Waals surface area contributed by atoms with Gasteiger partial charge in [-0.1, -0.05) is 30.3 Å². The molecule has 0 spiro atoms. The van der Waals surface area contributed by atoms with E-state index in [1.54, 1.807) is 0 Å². The van der Waals surface area contributed by atoms with Gasteiger partial charge in [-0.3, -0.25) is 9.63 Å². The molecular formula is C13H20N2O2. The summed E-state index contributed by atoms with van der Waals surface area (Å²) in [7, 11) is 0. The van der Waals surface area contributed by atoms with Gasteiger partial charge in [0.2, 0.25) is 0 Å². The van der Waals surface area contributed by atoms with Crippen molar-refractivity contribution in [2.75, 3.05) is 6.54 Å². The van der Waals surface area contributed by atoms with Crippen molar-refractivity contribution in [3.8, 4) is 0 Å². The average Bonchev–Trinajstić information content (AvgIpc) is 2.27. The summed E-state index contributed by atoms with van der Waals surface area (Å²) in [6.07, 6.45) is 0. The van der Waals surface area contributed by atoms with Crippen LogP contribution in [-0.2, 0) is 16.2 Å². The highest BCUT2D eigenvalue weighted by molar-refractivity contribution is 5.76. The smallest absolute Gasteiger partial charge is 0.257 e. The summed E-state index contributed by atoms with van der Waals surface area (Å²) < 4.78 is 0. The Labute approximate surface area is 102 Å². The lowest BCUT2D eigenvalue weighted by molar-refractivity contribution is -0.133. The molecule has 0 aliphatic heterocycles. The normalized spacial score (nSPS) is 11.2. The van der Waals surface area contributed by atoms with Crippen LogP contribution < -0.4 is 10.8 Å². The second kappa shape index (κ2) is 6.37. The minimum Gasteiger partial charge on any atom is -0.304 e. The zero-order valence-electron chi connectivity index (χ0n) is 10.6. The number of rotatable bonds is 5. The summed E-state index contributed by atoms with van der Waals surface area (Å²) in [5, 5.41) is 3.08. The van der Waals surface area contributed by atoms with Gasteiger partial charge in [0.05, 0.1) is 13.2 Å². The van der Waals surface area contributed by atoms with Gasteiger partial charge in [-0.25, -0.2) is 5.48 Å². The van der Waals surface area contributed by atoms with Gasteiger partial charge in [-0.15, -0.1) is 0 Å². The molecule has 1 amide bonds. The van der Waals surface area contributed by atoms with E-state index in [0.717, 1.165) is 5.56 Å². The molecule has 0 heterocycles. The summed E-state index contributed by atoms with van der Waals surface area (Å²) >= 11 is 0. The van der Waals surface area contributed by atoms with Gasteiger partial charge < -0.3 is 5.32 Å². The Morgan fingerprint density at radius 3 is 2.47 bits per heavy atom. The molecule has 1 aromatic carbocycles. The van der Waals surface area contributed by atoms with E-state index in [1.807, 2.05) is 51.1 Å². The highest BCUT2D eigenvalue weighted by atomic mass is 16.6. The number of carbonyl (C=O) groups excluding carboxylic acids is 1. The number of nitrogens with one attached hydrogen (secondary N) is 2. The van der Waals surface area contributed by atoms with Crippen molar-refractivity contribution in [2.45, 2.75) is 32.9 Å². The van der Waals surface area contributed by atoms with E-state index in [0.29, 0.717) is 6.61 Å². The molecule has 0 fully saturated rings. The van der Waals surface area contributed by atoms with Gasteiger partial charge >= 0.3 is 0 Å². The van der Waals surface area contributed by atoms with E-state index < -0.39 is 0 Å². The third-order valence-electron chi connectivity index (χ3n) is 2.05. The lowest BCUT2D eigenvalue weighted by atomic mass is 10.1. The predicted octanol–water partition coefficient (Wildman–Crippen LogP) is 1.62. The molecule has 94 valence electrons. The average molecular weight is 236 g/mol. The third-order valence-corrected chi connectivity index (χ3v) is 2.05. The molecule has 17 heavy (non-hydrogen) atoms. The van der Waals surface area contributed by atoms with E-state index in [1.165, 1.54) is 0 Å². The summed E-state index contributed by atoms with van der Waals surface area (Å²) in [6, 6.07) is 9.69. The predicted molar refractivity (Wildman–Crippen MR) is 67.1 cm³/mol. The third kappa shape index (κ3) is 6.71. The monoisotopic (exact) mass is 236 g/mol. The summed E-state index contributed by atoms with van der Waals surface area (Å²) in [6.45, 7) is 6.64. The maximum Gasteiger partial charge on any atom is 0.257 e. The number of hydrogen-bond acceptors (Lipinski definition) is 3. The van der Waals surface area contributed by atoms with E-state index in [9.17, 15) is 4.79 Å². The molecule has 0 saturated carbocycles. The molecule has 1 rings (SSSR count). The standard InChI is InChI=1S/C13H20N2O2/c1-13(2,3)14-9-12(16)15-17-10-11-7-5-4-6-8-11/h4-8,14H,9-10H2,1-3H3,(H,15,16). The Hall–Kier alpha value is -1.39. The highest BCUT2D eigenvalue weighted by Crippen LogP contribution is 1.99. The number of benzene rings is 1. The van der Waals surface area contributed by atoms with Crippen molar-refractivity contribution in [1.82, 2.24) is 10.8 Å². The van der Waals surface area contributed by atoms with Crippen LogP contribution in [0.25, 0.3) is 0 Å². The molecule has 0 aromatic heterocycles. The molecule has 0 aliphatic rings. The van der Waals surface area contributed by atoms with Crippen LogP contribution in [0, 0.1) is 0 Å². The number of hydrogen-bond donors (Lipinski definition) is 2. The topological polar surface area (TPSA) is 50.4 Å². The van der Waals surface area contributed by atoms with Gasteiger partial charge in [0.15, 0.2) is 0 Å². The molecule has 0 atom stereocenters. The number of carbonyl (C=O) groups is 1. The fourth-order valence-electron chi connectivity index (χ4n) is 1.16. The van der Waals surface area contributed by atoms with Crippen LogP contribution in [0.1, 0.15) is 26.3 Å².